The summed E-state index contributed by atoms with van der Waals surface area (Å²) in [6, 6.07) is 7.33. The minimum Gasteiger partial charge on any atom is -0.486 e. The average Bonchev–Trinajstić information content (AvgIpc) is 2.47. The number of rotatable bonds is 2. The molecular weight excluding hydrogens is 262 g/mol. The Balaban J connectivity index is 2.28. The number of nitrogens with zero attached hydrogens (tertiary/aromatic N) is 1. The molecule has 1 atom stereocenters. The van der Waals surface area contributed by atoms with Gasteiger partial charge in [-0.2, -0.15) is 5.26 Å². The standard InChI is InChI=1S/C15H18ClNO2/c1-14(2)8-13(15(3,4)19-14)18-12-7-5-6-11(16)10(12)9-17/h5-7,13H,8H2,1-4H3. The Bertz CT molecular complexity index is 531. The third kappa shape index (κ3) is 2.86. The zero-order chi connectivity index (χ0) is 14.3. The first-order valence-corrected chi connectivity index (χ1v) is 6.68. The van der Waals surface area contributed by atoms with Crippen LogP contribution in [0.4, 0.5) is 0 Å². The first kappa shape index (κ1) is 14.2. The zero-order valence-corrected chi connectivity index (χ0v) is 12.4. The molecule has 2 rings (SSSR count). The van der Waals surface area contributed by atoms with Crippen molar-refractivity contribution in [3.63, 3.8) is 0 Å². The topological polar surface area (TPSA) is 42.2 Å². The molecule has 0 radical (unpaired) electrons. The largest absolute Gasteiger partial charge is 0.486 e. The normalized spacial score (nSPS) is 23.9. The maximum atomic E-state index is 9.16. The van der Waals surface area contributed by atoms with Crippen LogP contribution in [0.1, 0.15) is 39.7 Å². The van der Waals surface area contributed by atoms with Crippen molar-refractivity contribution < 1.29 is 9.47 Å². The van der Waals surface area contributed by atoms with Gasteiger partial charge in [0.2, 0.25) is 0 Å². The summed E-state index contributed by atoms with van der Waals surface area (Å²) in [4.78, 5) is 0. The molecule has 1 fully saturated rings. The van der Waals surface area contributed by atoms with Gasteiger partial charge in [0.05, 0.1) is 10.6 Å². The number of halogens is 1. The lowest BCUT2D eigenvalue weighted by molar-refractivity contribution is -0.0846. The fourth-order valence-electron chi connectivity index (χ4n) is 2.56. The molecule has 0 N–H and O–H groups in total. The molecule has 1 saturated heterocycles. The number of nitriles is 1. The van der Waals surface area contributed by atoms with Crippen LogP contribution in [0.15, 0.2) is 18.2 Å². The van der Waals surface area contributed by atoms with E-state index in [0.29, 0.717) is 16.3 Å². The highest BCUT2D eigenvalue weighted by molar-refractivity contribution is 6.31. The van der Waals surface area contributed by atoms with Crippen molar-refractivity contribution in [2.45, 2.75) is 51.4 Å². The van der Waals surface area contributed by atoms with E-state index in [4.69, 9.17) is 26.3 Å². The molecule has 4 heteroatoms. The molecule has 0 amide bonds. The van der Waals surface area contributed by atoms with E-state index in [9.17, 15) is 0 Å². The summed E-state index contributed by atoms with van der Waals surface area (Å²) in [5, 5.41) is 9.57. The predicted molar refractivity (Wildman–Crippen MR) is 74.4 cm³/mol. The number of hydrogen-bond acceptors (Lipinski definition) is 3. The molecular formula is C15H18ClNO2. The summed E-state index contributed by atoms with van der Waals surface area (Å²) >= 11 is 6.01. The van der Waals surface area contributed by atoms with Gasteiger partial charge in [-0.3, -0.25) is 0 Å². The molecule has 1 heterocycles. The van der Waals surface area contributed by atoms with Gasteiger partial charge in [-0.05, 0) is 39.8 Å². The van der Waals surface area contributed by atoms with E-state index in [1.54, 1.807) is 18.2 Å². The van der Waals surface area contributed by atoms with Crippen molar-refractivity contribution >= 4 is 11.6 Å². The van der Waals surface area contributed by atoms with Crippen LogP contribution in [-0.2, 0) is 4.74 Å². The van der Waals surface area contributed by atoms with Crippen LogP contribution < -0.4 is 4.74 Å². The van der Waals surface area contributed by atoms with E-state index in [1.165, 1.54) is 0 Å². The summed E-state index contributed by atoms with van der Waals surface area (Å²) in [5.74, 6) is 0.523. The Morgan fingerprint density at radius 2 is 2.05 bits per heavy atom. The summed E-state index contributed by atoms with van der Waals surface area (Å²) in [7, 11) is 0. The van der Waals surface area contributed by atoms with Gasteiger partial charge >= 0.3 is 0 Å². The third-order valence-electron chi connectivity index (χ3n) is 3.35. The highest BCUT2D eigenvalue weighted by Gasteiger charge is 2.47. The van der Waals surface area contributed by atoms with Crippen LogP contribution in [-0.4, -0.2) is 17.3 Å². The SMILES string of the molecule is CC1(C)CC(Oc2cccc(Cl)c2C#N)C(C)(C)O1. The molecule has 0 bridgehead atoms. The van der Waals surface area contributed by atoms with Gasteiger partial charge < -0.3 is 9.47 Å². The van der Waals surface area contributed by atoms with E-state index < -0.39 is 5.60 Å². The van der Waals surface area contributed by atoms with Crippen LogP contribution in [0.3, 0.4) is 0 Å². The Kier molecular flexibility index (Phi) is 3.51. The van der Waals surface area contributed by atoms with E-state index in [1.807, 2.05) is 27.7 Å². The van der Waals surface area contributed by atoms with Crippen LogP contribution in [0.5, 0.6) is 5.75 Å². The van der Waals surface area contributed by atoms with Gasteiger partial charge in [0, 0.05) is 6.42 Å². The Labute approximate surface area is 119 Å². The summed E-state index contributed by atoms with van der Waals surface area (Å²) in [5.41, 5.74) is -0.234. The van der Waals surface area contributed by atoms with Crippen molar-refractivity contribution in [1.82, 2.24) is 0 Å². The maximum Gasteiger partial charge on any atom is 0.139 e. The summed E-state index contributed by atoms with van der Waals surface area (Å²) in [6.07, 6.45) is 0.672. The van der Waals surface area contributed by atoms with Crippen LogP contribution >= 0.6 is 11.6 Å². The molecule has 1 aliphatic heterocycles. The Morgan fingerprint density at radius 3 is 2.58 bits per heavy atom. The molecule has 0 saturated carbocycles. The molecule has 0 aliphatic carbocycles. The monoisotopic (exact) mass is 279 g/mol. The zero-order valence-electron chi connectivity index (χ0n) is 11.7. The lowest BCUT2D eigenvalue weighted by atomic mass is 9.97. The maximum absolute atomic E-state index is 9.16. The minimum absolute atomic E-state index is 0.104. The van der Waals surface area contributed by atoms with E-state index in [0.717, 1.165) is 6.42 Å². The molecule has 1 aliphatic rings. The van der Waals surface area contributed by atoms with E-state index in [-0.39, 0.29) is 11.7 Å². The van der Waals surface area contributed by atoms with Crippen LogP contribution in [0.25, 0.3) is 0 Å². The van der Waals surface area contributed by atoms with Crippen molar-refractivity contribution in [2.75, 3.05) is 0 Å². The Morgan fingerprint density at radius 1 is 1.37 bits per heavy atom. The second-order valence-electron chi connectivity index (χ2n) is 6.00. The predicted octanol–water partition coefficient (Wildman–Crippen LogP) is 3.94. The molecule has 1 unspecified atom stereocenters. The molecule has 102 valence electrons. The number of benzene rings is 1. The average molecular weight is 280 g/mol. The van der Waals surface area contributed by atoms with Crippen molar-refractivity contribution in [3.8, 4) is 11.8 Å². The molecule has 0 aromatic heterocycles. The van der Waals surface area contributed by atoms with Crippen molar-refractivity contribution in [2.24, 2.45) is 0 Å². The molecule has 3 nitrogen and oxygen atoms in total. The van der Waals surface area contributed by atoms with Crippen LogP contribution in [0.2, 0.25) is 5.02 Å². The van der Waals surface area contributed by atoms with E-state index >= 15 is 0 Å². The fraction of sp³-hybridized carbons (Fsp3) is 0.533. The first-order valence-electron chi connectivity index (χ1n) is 6.31. The summed E-state index contributed by atoms with van der Waals surface area (Å²) in [6.45, 7) is 8.09. The van der Waals surface area contributed by atoms with E-state index in [2.05, 4.69) is 6.07 Å². The van der Waals surface area contributed by atoms with Gasteiger partial charge in [0.1, 0.15) is 29.1 Å². The van der Waals surface area contributed by atoms with Gasteiger partial charge in [-0.1, -0.05) is 17.7 Å². The highest BCUT2D eigenvalue weighted by atomic mass is 35.5. The van der Waals surface area contributed by atoms with Gasteiger partial charge in [-0.15, -0.1) is 0 Å². The van der Waals surface area contributed by atoms with Gasteiger partial charge in [-0.25, -0.2) is 0 Å². The quantitative estimate of drug-likeness (QED) is 0.823. The molecule has 19 heavy (non-hydrogen) atoms. The van der Waals surface area contributed by atoms with Crippen LogP contribution in [0, 0.1) is 11.3 Å². The Hall–Kier alpha value is -1.24. The molecule has 1 aromatic carbocycles. The highest BCUT2D eigenvalue weighted by Crippen LogP contribution is 2.40. The van der Waals surface area contributed by atoms with Gasteiger partial charge in [0.15, 0.2) is 0 Å². The third-order valence-corrected chi connectivity index (χ3v) is 3.66. The molecule has 1 aromatic rings. The minimum atomic E-state index is -0.390. The smallest absolute Gasteiger partial charge is 0.139 e. The van der Waals surface area contributed by atoms with Crippen molar-refractivity contribution in [1.29, 1.82) is 5.26 Å². The van der Waals surface area contributed by atoms with Gasteiger partial charge in [0.25, 0.3) is 0 Å². The second-order valence-corrected chi connectivity index (χ2v) is 6.41. The lowest BCUT2D eigenvalue weighted by Crippen LogP contribution is -2.36. The first-order chi connectivity index (χ1) is 8.75. The summed E-state index contributed by atoms with van der Waals surface area (Å²) < 4.78 is 12.0. The number of ether oxygens (including phenoxy) is 2. The lowest BCUT2D eigenvalue weighted by Gasteiger charge is -2.27. The fourth-order valence-corrected chi connectivity index (χ4v) is 2.77. The number of hydrogen-bond donors (Lipinski definition) is 0. The van der Waals surface area contributed by atoms with Crippen molar-refractivity contribution in [3.05, 3.63) is 28.8 Å². The molecule has 0 spiro atoms. The second kappa shape index (κ2) is 4.70.